The van der Waals surface area contributed by atoms with E-state index >= 15 is 0 Å². The smallest absolute Gasteiger partial charge is 0.303 e. The number of carbonyl (C=O) groups is 1. The fraction of sp³-hybridized carbons (Fsp3) is 0.279. The van der Waals surface area contributed by atoms with Crippen LogP contribution in [0, 0.1) is 6.92 Å². The molecule has 0 aliphatic carbocycles. The summed E-state index contributed by atoms with van der Waals surface area (Å²) in [6.45, 7) is 20.6. The third-order valence-electron chi connectivity index (χ3n) is 9.93. The maximum atomic E-state index is 11.1. The number of aryl methyl sites for hydroxylation is 1. The summed E-state index contributed by atoms with van der Waals surface area (Å²) in [4.78, 5) is 13.6. The molecule has 0 aromatic heterocycles. The minimum Gasteiger partial charge on any atom is -0.481 e. The van der Waals surface area contributed by atoms with Crippen LogP contribution in [0.4, 0.5) is 5.69 Å². The normalized spacial score (nSPS) is 18.2. The van der Waals surface area contributed by atoms with Crippen molar-refractivity contribution in [2.24, 2.45) is 0 Å². The Morgan fingerprint density at radius 3 is 2.28 bits per heavy atom. The Hall–Kier alpha value is -4.63. The van der Waals surface area contributed by atoms with Gasteiger partial charge in [0.15, 0.2) is 0 Å². The molecule has 1 aliphatic heterocycles. The Balaban J connectivity index is 1.57. The van der Waals surface area contributed by atoms with Gasteiger partial charge in [-0.1, -0.05) is 111 Å². The molecule has 3 heteroatoms. The van der Waals surface area contributed by atoms with Crippen LogP contribution in [0.25, 0.3) is 21.5 Å². The van der Waals surface area contributed by atoms with E-state index in [1.165, 1.54) is 49.6 Å². The first kappa shape index (κ1) is 32.8. The van der Waals surface area contributed by atoms with E-state index in [9.17, 15) is 4.79 Å². The van der Waals surface area contributed by atoms with Crippen molar-refractivity contribution in [3.63, 3.8) is 0 Å². The number of benzene rings is 4. The van der Waals surface area contributed by atoms with Crippen LogP contribution in [0.3, 0.4) is 0 Å². The lowest BCUT2D eigenvalue weighted by Crippen LogP contribution is -2.29. The second-order valence-corrected chi connectivity index (χ2v) is 13.1. The van der Waals surface area contributed by atoms with Crippen molar-refractivity contribution in [2.45, 2.75) is 70.1 Å². The van der Waals surface area contributed by atoms with Gasteiger partial charge < -0.3 is 10.0 Å². The number of carboxylic acids is 1. The van der Waals surface area contributed by atoms with Crippen molar-refractivity contribution in [3.05, 3.63) is 151 Å². The van der Waals surface area contributed by atoms with Crippen molar-refractivity contribution in [2.75, 3.05) is 11.4 Å². The Kier molecular flexibility index (Phi) is 9.82. The van der Waals surface area contributed by atoms with Crippen LogP contribution < -0.4 is 4.90 Å². The number of unbranched alkanes of at least 4 members (excludes halogenated alkanes) is 2. The van der Waals surface area contributed by atoms with Crippen molar-refractivity contribution in [1.29, 1.82) is 0 Å². The molecule has 2 atom stereocenters. The number of rotatable bonds is 14. The summed E-state index contributed by atoms with van der Waals surface area (Å²) in [7, 11) is 0. The molecule has 4 aromatic carbocycles. The van der Waals surface area contributed by atoms with Crippen LogP contribution in [-0.2, 0) is 15.6 Å². The molecule has 0 radical (unpaired) electrons. The van der Waals surface area contributed by atoms with E-state index in [2.05, 4.69) is 136 Å². The van der Waals surface area contributed by atoms with E-state index in [1.54, 1.807) is 0 Å². The van der Waals surface area contributed by atoms with E-state index in [0.29, 0.717) is 6.42 Å². The maximum Gasteiger partial charge on any atom is 0.303 e. The van der Waals surface area contributed by atoms with E-state index < -0.39 is 5.97 Å². The van der Waals surface area contributed by atoms with Crippen LogP contribution in [0.15, 0.2) is 134 Å². The van der Waals surface area contributed by atoms with E-state index in [4.69, 9.17) is 5.11 Å². The van der Waals surface area contributed by atoms with Crippen LogP contribution in [0.5, 0.6) is 0 Å². The van der Waals surface area contributed by atoms with Gasteiger partial charge in [0, 0.05) is 35.2 Å². The molecule has 5 rings (SSSR count). The molecule has 0 amide bonds. The predicted octanol–water partition coefficient (Wildman–Crippen LogP) is 11.1. The number of allylic oxidation sites excluding steroid dienone is 7. The molecule has 0 saturated carbocycles. The summed E-state index contributed by atoms with van der Waals surface area (Å²) >= 11 is 0. The number of nitrogens with zero attached hydrogens (tertiary/aromatic N) is 1. The lowest BCUT2D eigenvalue weighted by atomic mass is 9.70. The fourth-order valence-corrected chi connectivity index (χ4v) is 7.59. The number of fused-ring (bicyclic) bond motifs is 4. The molecule has 4 aromatic rings. The maximum absolute atomic E-state index is 11.1. The van der Waals surface area contributed by atoms with E-state index in [-0.39, 0.29) is 17.3 Å². The summed E-state index contributed by atoms with van der Waals surface area (Å²) in [5.74, 6) is -0.732. The zero-order valence-corrected chi connectivity index (χ0v) is 27.7. The van der Waals surface area contributed by atoms with Crippen molar-refractivity contribution in [1.82, 2.24) is 0 Å². The Morgan fingerprint density at radius 1 is 0.913 bits per heavy atom. The summed E-state index contributed by atoms with van der Waals surface area (Å²) < 4.78 is 0. The Labute approximate surface area is 275 Å². The van der Waals surface area contributed by atoms with Crippen LogP contribution in [0.2, 0.25) is 0 Å². The molecular weight excluding hydrogens is 562 g/mol. The standard InChI is InChI=1S/C43H47NO2/c1-7-28-42(5,40-31(3)24-25-33-18-11-13-20-35(33)40)32(4)17-16-22-38-43(6,29-8-2)41-36-21-14-12-19-34(36)26-27-37(41)44(38)30-15-9-10-23-39(45)46/h7-8,11-14,16-22,24-27H,1-2,4,9-10,15,23,28-30H2,3,5-6H3,(H,45,46)/b17-16+,38-22+. The predicted molar refractivity (Wildman–Crippen MR) is 197 cm³/mol. The van der Waals surface area contributed by atoms with Gasteiger partial charge in [0.25, 0.3) is 0 Å². The van der Waals surface area contributed by atoms with Gasteiger partial charge in [-0.05, 0) is 95.5 Å². The van der Waals surface area contributed by atoms with Gasteiger partial charge in [-0.25, -0.2) is 0 Å². The molecule has 0 fully saturated rings. The molecule has 1 N–H and O–H groups in total. The third kappa shape index (κ3) is 6.11. The van der Waals surface area contributed by atoms with Gasteiger partial charge in [0.2, 0.25) is 0 Å². The molecule has 3 nitrogen and oxygen atoms in total. The van der Waals surface area contributed by atoms with E-state index in [1.807, 2.05) is 12.2 Å². The molecule has 0 bridgehead atoms. The lowest BCUT2D eigenvalue weighted by Gasteiger charge is -2.33. The first-order chi connectivity index (χ1) is 22.2. The highest BCUT2D eigenvalue weighted by atomic mass is 16.4. The number of aliphatic carboxylic acids is 1. The highest BCUT2D eigenvalue weighted by molar-refractivity contribution is 5.95. The largest absolute Gasteiger partial charge is 0.481 e. The zero-order valence-electron chi connectivity index (χ0n) is 27.7. The molecule has 2 unspecified atom stereocenters. The van der Waals surface area contributed by atoms with Crippen molar-refractivity contribution in [3.8, 4) is 0 Å². The van der Waals surface area contributed by atoms with Gasteiger partial charge in [0.1, 0.15) is 0 Å². The van der Waals surface area contributed by atoms with Gasteiger partial charge in [-0.3, -0.25) is 4.79 Å². The van der Waals surface area contributed by atoms with Crippen LogP contribution in [-0.4, -0.2) is 17.6 Å². The zero-order chi connectivity index (χ0) is 32.9. The molecule has 0 saturated heterocycles. The molecule has 46 heavy (non-hydrogen) atoms. The number of hydrogen-bond donors (Lipinski definition) is 1. The first-order valence-corrected chi connectivity index (χ1v) is 16.5. The third-order valence-corrected chi connectivity index (χ3v) is 9.93. The van der Waals surface area contributed by atoms with Crippen LogP contribution in [0.1, 0.15) is 69.1 Å². The minimum absolute atomic E-state index is 0.211. The monoisotopic (exact) mass is 609 g/mol. The number of anilines is 1. The van der Waals surface area contributed by atoms with Gasteiger partial charge >= 0.3 is 5.97 Å². The van der Waals surface area contributed by atoms with Gasteiger partial charge in [-0.2, -0.15) is 0 Å². The van der Waals surface area contributed by atoms with Crippen molar-refractivity contribution < 1.29 is 9.90 Å². The van der Waals surface area contributed by atoms with Gasteiger partial charge in [-0.15, -0.1) is 13.2 Å². The summed E-state index contributed by atoms with van der Waals surface area (Å²) in [6, 6.07) is 26.1. The summed E-state index contributed by atoms with van der Waals surface area (Å²) in [6.07, 6.45) is 14.9. The Morgan fingerprint density at radius 2 is 1.59 bits per heavy atom. The highest BCUT2D eigenvalue weighted by Gasteiger charge is 2.43. The molecular formula is C43H47NO2. The molecule has 1 aliphatic rings. The first-order valence-electron chi connectivity index (χ1n) is 16.5. The second kappa shape index (κ2) is 13.8. The number of hydrogen-bond acceptors (Lipinski definition) is 2. The topological polar surface area (TPSA) is 40.5 Å². The highest BCUT2D eigenvalue weighted by Crippen LogP contribution is 2.53. The number of carboxylic acid groups (broad SMARTS) is 1. The van der Waals surface area contributed by atoms with E-state index in [0.717, 1.165) is 37.8 Å². The minimum atomic E-state index is -0.732. The second-order valence-electron chi connectivity index (χ2n) is 13.1. The summed E-state index contributed by atoms with van der Waals surface area (Å²) in [5, 5.41) is 14.1. The van der Waals surface area contributed by atoms with Crippen LogP contribution >= 0.6 is 0 Å². The van der Waals surface area contributed by atoms with Gasteiger partial charge in [0.05, 0.1) is 0 Å². The van der Waals surface area contributed by atoms with Crippen molar-refractivity contribution >= 4 is 33.2 Å². The Bertz CT molecular complexity index is 1860. The SMILES string of the molecule is C=CCC(C)(C(=C)/C=C/C=C1/N(CCCCCC(=O)O)c2ccc3ccccc3c2C1(C)CC=C)c1c(C)ccc2ccccc12. The summed E-state index contributed by atoms with van der Waals surface area (Å²) in [5.41, 5.74) is 6.77. The molecule has 1 heterocycles. The average molecular weight is 610 g/mol. The molecule has 236 valence electrons. The fourth-order valence-electron chi connectivity index (χ4n) is 7.59. The molecule has 0 spiro atoms. The lowest BCUT2D eigenvalue weighted by molar-refractivity contribution is -0.137. The average Bonchev–Trinajstić information content (AvgIpc) is 3.27. The quantitative estimate of drug-likeness (QED) is 0.0878.